The number of esters is 14. The molecular formula is C81H68O32. The van der Waals surface area contributed by atoms with Crippen LogP contribution in [0.5, 0.6) is 0 Å². The molecule has 0 bridgehead atoms. The molecule has 0 N–H and O–H groups in total. The topological polar surface area (TPSA) is 421 Å². The van der Waals surface area contributed by atoms with Gasteiger partial charge in [-0.2, -0.15) is 4.89 Å². The van der Waals surface area contributed by atoms with Crippen LogP contribution < -0.4 is 0 Å². The zero-order valence-corrected chi connectivity index (χ0v) is 61.1. The number of hydrogen-bond donors (Lipinski definition) is 0. The second kappa shape index (κ2) is 40.0. The van der Waals surface area contributed by atoms with E-state index in [2.05, 4.69) is 4.89 Å². The van der Waals surface area contributed by atoms with Gasteiger partial charge in [-0.15, -0.1) is 0 Å². The predicted octanol–water partition coefficient (Wildman–Crippen LogP) is 8.94. The largest absolute Gasteiger partial charge is 0.465 e. The van der Waals surface area contributed by atoms with Crippen molar-refractivity contribution in [1.82, 2.24) is 0 Å². The summed E-state index contributed by atoms with van der Waals surface area (Å²) in [7, 11) is 7.54. The van der Waals surface area contributed by atoms with E-state index in [9.17, 15) is 47.9 Å². The Morgan fingerprint density at radius 1 is 0.221 bits per heavy atom. The minimum atomic E-state index is -3.11. The second-order valence-corrected chi connectivity index (χ2v) is 23.3. The Kier molecular flexibility index (Phi) is 29.8. The highest BCUT2D eigenvalue weighted by molar-refractivity contribution is 6.09. The zero-order chi connectivity index (χ0) is 82.0. The van der Waals surface area contributed by atoms with Crippen molar-refractivity contribution in [2.24, 2.45) is 5.92 Å². The molecule has 0 heterocycles. The Morgan fingerprint density at radius 2 is 0.425 bits per heavy atom. The molecule has 0 fully saturated rings. The number of hydrogen-bond acceptors (Lipinski definition) is 32. The van der Waals surface area contributed by atoms with E-state index in [4.69, 9.17) is 71.2 Å². The maximum atomic E-state index is 16.1. The highest BCUT2D eigenvalue weighted by Gasteiger charge is 2.53. The van der Waals surface area contributed by atoms with Crippen LogP contribution in [-0.4, -0.2) is 196 Å². The highest BCUT2D eigenvalue weighted by atomic mass is 17.2. The Balaban J connectivity index is 1.59. The normalized spacial score (nSPS) is 12.2. The molecular weight excluding hydrogens is 1480 g/mol. The molecule has 113 heavy (non-hydrogen) atoms. The molecule has 0 spiro atoms. The molecule has 0 saturated carbocycles. The number of rotatable bonds is 33. The molecule has 6 atom stereocenters. The van der Waals surface area contributed by atoms with Crippen molar-refractivity contribution in [3.05, 3.63) is 283 Å². The summed E-state index contributed by atoms with van der Waals surface area (Å²) < 4.78 is 79.3. The number of carbonyl (C=O) groups excluding carboxylic acids is 16. The summed E-state index contributed by atoms with van der Waals surface area (Å²) in [5, 5.41) is 0. The van der Waals surface area contributed by atoms with Gasteiger partial charge in [0.15, 0.2) is 24.1 Å². The number of ketones is 1. The van der Waals surface area contributed by atoms with Gasteiger partial charge in [0.25, 0.3) is 0 Å². The lowest BCUT2D eigenvalue weighted by Crippen LogP contribution is -2.58. The van der Waals surface area contributed by atoms with Crippen LogP contribution in [0.3, 0.4) is 0 Å². The van der Waals surface area contributed by atoms with E-state index in [1.165, 1.54) is 97.1 Å². The van der Waals surface area contributed by atoms with Crippen molar-refractivity contribution in [2.75, 3.05) is 70.1 Å². The van der Waals surface area contributed by atoms with Crippen LogP contribution in [0.4, 0.5) is 0 Å². The fourth-order valence-corrected chi connectivity index (χ4v) is 11.4. The van der Waals surface area contributed by atoms with Gasteiger partial charge in [0.2, 0.25) is 0 Å². The van der Waals surface area contributed by atoms with Crippen LogP contribution in [0.2, 0.25) is 0 Å². The average Bonchev–Trinajstić information content (AvgIpc) is 0.773. The van der Waals surface area contributed by atoms with Crippen LogP contribution in [0.25, 0.3) is 0 Å². The van der Waals surface area contributed by atoms with Gasteiger partial charge >= 0.3 is 89.5 Å². The van der Waals surface area contributed by atoms with E-state index in [1.807, 2.05) is 0 Å². The average molecular weight is 1550 g/mol. The predicted molar refractivity (Wildman–Crippen MR) is 382 cm³/mol. The van der Waals surface area contributed by atoms with Crippen molar-refractivity contribution < 1.29 is 153 Å². The van der Waals surface area contributed by atoms with Gasteiger partial charge in [-0.1, -0.05) is 103 Å². The van der Waals surface area contributed by atoms with Crippen LogP contribution in [0.15, 0.2) is 194 Å². The summed E-state index contributed by atoms with van der Waals surface area (Å²) in [6, 6.07) is 37.1. The van der Waals surface area contributed by atoms with Gasteiger partial charge in [-0.3, -0.25) is 9.68 Å². The van der Waals surface area contributed by atoms with Gasteiger partial charge in [0.05, 0.1) is 140 Å². The van der Waals surface area contributed by atoms with Crippen molar-refractivity contribution in [1.29, 1.82) is 0 Å². The second-order valence-electron chi connectivity index (χ2n) is 23.3. The lowest BCUT2D eigenvalue weighted by Gasteiger charge is -2.40. The van der Waals surface area contributed by atoms with E-state index in [0.717, 1.165) is 154 Å². The van der Waals surface area contributed by atoms with Crippen molar-refractivity contribution in [2.45, 2.75) is 36.9 Å². The molecule has 0 radical (unpaired) electrons. The van der Waals surface area contributed by atoms with Crippen molar-refractivity contribution in [3.8, 4) is 0 Å². The number of ether oxygens (including phenoxy) is 14. The number of methoxy groups -OCH3 is 7. The summed E-state index contributed by atoms with van der Waals surface area (Å²) in [5.74, 6) is -25.1. The maximum Gasteiger partial charge on any atom is 0.373 e. The van der Waals surface area contributed by atoms with Crippen LogP contribution in [0.1, 0.15) is 172 Å². The summed E-state index contributed by atoms with van der Waals surface area (Å²) in [4.78, 5) is 244. The smallest absolute Gasteiger partial charge is 0.373 e. The van der Waals surface area contributed by atoms with Gasteiger partial charge in [-0.25, -0.2) is 71.9 Å². The summed E-state index contributed by atoms with van der Waals surface area (Å²) >= 11 is 0. The van der Waals surface area contributed by atoms with Gasteiger partial charge < -0.3 is 66.3 Å². The molecule has 0 aromatic heterocycles. The van der Waals surface area contributed by atoms with Crippen molar-refractivity contribution >= 4 is 95.3 Å². The minimum absolute atomic E-state index is 0.436. The Labute approximate surface area is 641 Å². The van der Waals surface area contributed by atoms with E-state index < -0.39 is 240 Å². The molecule has 0 amide bonds. The zero-order valence-electron chi connectivity index (χ0n) is 61.1. The summed E-state index contributed by atoms with van der Waals surface area (Å²) in [6.45, 7) is -3.05. The monoisotopic (exact) mass is 1550 g/mol. The lowest BCUT2D eigenvalue weighted by molar-refractivity contribution is -0.216. The molecule has 8 aromatic rings. The highest BCUT2D eigenvalue weighted by Crippen LogP contribution is 2.36. The molecule has 0 aliphatic heterocycles. The third kappa shape index (κ3) is 20.4. The molecule has 8 rings (SSSR count). The van der Waals surface area contributed by atoms with Crippen molar-refractivity contribution in [3.63, 3.8) is 0 Å². The molecule has 32 nitrogen and oxygen atoms in total. The van der Waals surface area contributed by atoms with E-state index in [1.54, 1.807) is 0 Å². The lowest BCUT2D eigenvalue weighted by atomic mass is 9.82. The third-order valence-electron chi connectivity index (χ3n) is 16.8. The molecule has 584 valence electrons. The summed E-state index contributed by atoms with van der Waals surface area (Å²) in [5.41, 5.74) is -9.85. The quantitative estimate of drug-likeness (QED) is 0.0122. The first-order chi connectivity index (χ1) is 54.4. The number of benzene rings is 8. The molecule has 8 aromatic carbocycles. The third-order valence-corrected chi connectivity index (χ3v) is 16.8. The molecule has 0 aliphatic rings. The molecule has 32 heteroatoms. The Bertz CT molecular complexity index is 4830. The van der Waals surface area contributed by atoms with E-state index >= 15 is 28.8 Å². The maximum absolute atomic E-state index is 16.1. The minimum Gasteiger partial charge on any atom is -0.465 e. The van der Waals surface area contributed by atoms with E-state index in [-0.39, 0.29) is 0 Å². The SMILES string of the molecule is COOC(=O)c1ccccc1C(=O)OCC(OC(=O)c1ccccc1C(=O)OC)C(OC(=O)c1ccccc1C(=O)OC)C(OC(=O)c1ccccc1C(=O)OC)C(OC(=O)c1ccccc1C(=O)OC)C(CC(=O)c1ccccc1C(=O)OC)C(COC(=O)c1ccccc1C(=O)OC)OC(=O)c1ccccc1C(=O)OC. The number of carbonyl (C=O) groups is 16. The van der Waals surface area contributed by atoms with Crippen LogP contribution in [-0.2, 0) is 76.1 Å². The van der Waals surface area contributed by atoms with Gasteiger partial charge in [0.1, 0.15) is 25.4 Å². The van der Waals surface area contributed by atoms with Crippen LogP contribution in [0, 0.1) is 5.92 Å². The first-order valence-electron chi connectivity index (χ1n) is 33.4. The fourth-order valence-electron chi connectivity index (χ4n) is 11.4. The van der Waals surface area contributed by atoms with Gasteiger partial charge in [0, 0.05) is 17.9 Å². The molecule has 0 saturated heterocycles. The first kappa shape index (κ1) is 84.1. The fraction of sp³-hybridized carbons (Fsp3) is 0.210. The summed E-state index contributed by atoms with van der Waals surface area (Å²) in [6.07, 6.45) is -16.0. The van der Waals surface area contributed by atoms with Gasteiger partial charge in [-0.05, 0) is 91.0 Å². The molecule has 0 aliphatic carbocycles. The standard InChI is InChI=1S/C81H68O32/c1-98-67(83)45-26-10-9-25-44(45)61(82)41-60(62(108-76(92)54-35-19-12-28-47(54)69(85)100-3)42-106-74(90)52-33-17-11-27-46(52)68(84)99-2)64(110-78(94)56-37-21-14-30-49(56)71(87)102-5)66(112-80(96)58-39-23-16-32-51(58)73(89)104-7)65(111-79(95)57-38-22-15-31-50(57)72(88)103-6)63(109-77(93)55-36-20-13-29-48(55)70(86)101-4)43-107-75(91)53-34-18-24-40-59(53)81(97)113-105-8/h9-40,60,62-66H,41-43H2,1-8H3. The number of Topliss-reactive ketones (excluding diaryl/α,β-unsaturated/α-hetero) is 1. The Hall–Kier alpha value is -14.6. The van der Waals surface area contributed by atoms with E-state index in [0.29, 0.717) is 0 Å². The Morgan fingerprint density at radius 3 is 0.699 bits per heavy atom. The first-order valence-corrected chi connectivity index (χ1v) is 33.4. The van der Waals surface area contributed by atoms with Crippen LogP contribution >= 0.6 is 0 Å². The molecule has 6 unspecified atom stereocenters.